The molecule has 1 aliphatic heterocycles. The maximum atomic E-state index is 6.04. The average molecular weight is 346 g/mol. The topological polar surface area (TPSA) is 30.3 Å². The molecule has 0 saturated heterocycles. The van der Waals surface area contributed by atoms with Crippen LogP contribution >= 0.6 is 11.3 Å². The third kappa shape index (κ3) is 3.58. The van der Waals surface area contributed by atoms with Crippen molar-refractivity contribution in [3.63, 3.8) is 0 Å². The Morgan fingerprint density at radius 3 is 2.92 bits per heavy atom. The Balaban J connectivity index is 1.48. The molecule has 4 nitrogen and oxygen atoms in total. The van der Waals surface area contributed by atoms with E-state index in [1.165, 1.54) is 34.5 Å². The highest BCUT2D eigenvalue weighted by Gasteiger charge is 2.29. The van der Waals surface area contributed by atoms with E-state index in [1.807, 2.05) is 11.3 Å². The van der Waals surface area contributed by atoms with Crippen molar-refractivity contribution in [2.45, 2.75) is 52.2 Å². The summed E-state index contributed by atoms with van der Waals surface area (Å²) in [5.41, 5.74) is 4.07. The van der Waals surface area contributed by atoms with Crippen LogP contribution in [0.2, 0.25) is 0 Å². The van der Waals surface area contributed by atoms with E-state index in [1.54, 1.807) is 0 Å². The van der Waals surface area contributed by atoms with Crippen molar-refractivity contribution < 1.29 is 4.74 Å². The number of thiophene rings is 1. The van der Waals surface area contributed by atoms with Gasteiger partial charge in [-0.1, -0.05) is 0 Å². The Bertz CT molecular complexity index is 689. The SMILES string of the molecule is CCn1cc2c(n1)CN(Cc1sccc1C)CC2COCC1CC1. The molecule has 0 N–H and O–H groups in total. The van der Waals surface area contributed by atoms with Gasteiger partial charge in [-0.05, 0) is 49.6 Å². The second-order valence-electron chi connectivity index (χ2n) is 7.26. The lowest BCUT2D eigenvalue weighted by Gasteiger charge is -2.31. The fourth-order valence-electron chi connectivity index (χ4n) is 3.48. The van der Waals surface area contributed by atoms with Gasteiger partial charge in [0.25, 0.3) is 0 Å². The van der Waals surface area contributed by atoms with E-state index in [4.69, 9.17) is 9.84 Å². The Labute approximate surface area is 148 Å². The van der Waals surface area contributed by atoms with Crippen molar-refractivity contribution in [2.24, 2.45) is 5.92 Å². The molecule has 1 saturated carbocycles. The maximum absolute atomic E-state index is 6.04. The van der Waals surface area contributed by atoms with Crippen molar-refractivity contribution in [1.82, 2.24) is 14.7 Å². The van der Waals surface area contributed by atoms with E-state index in [-0.39, 0.29) is 0 Å². The van der Waals surface area contributed by atoms with Crippen LogP contribution in [0.5, 0.6) is 0 Å². The molecule has 2 aromatic rings. The lowest BCUT2D eigenvalue weighted by atomic mass is 9.95. The quantitative estimate of drug-likeness (QED) is 0.765. The highest BCUT2D eigenvalue weighted by atomic mass is 32.1. The molecule has 0 bridgehead atoms. The first-order valence-corrected chi connectivity index (χ1v) is 10.00. The van der Waals surface area contributed by atoms with Crippen molar-refractivity contribution in [3.05, 3.63) is 39.3 Å². The molecule has 0 radical (unpaired) electrons. The van der Waals surface area contributed by atoms with Crippen LogP contribution in [0, 0.1) is 12.8 Å². The molecular weight excluding hydrogens is 318 g/mol. The second-order valence-corrected chi connectivity index (χ2v) is 8.26. The van der Waals surface area contributed by atoms with E-state index in [0.717, 1.165) is 45.3 Å². The molecule has 130 valence electrons. The standard InChI is InChI=1S/C19H27N3OS/c1-3-22-9-17-16(13-23-12-15-4-5-15)8-21(10-18(17)20-22)11-19-14(2)6-7-24-19/h6-7,9,15-16H,3-5,8,10-13H2,1-2H3. The highest BCUT2D eigenvalue weighted by molar-refractivity contribution is 7.10. The van der Waals surface area contributed by atoms with E-state index >= 15 is 0 Å². The predicted octanol–water partition coefficient (Wildman–Crippen LogP) is 3.80. The molecule has 1 atom stereocenters. The fraction of sp³-hybridized carbons (Fsp3) is 0.632. The normalized spacial score (nSPS) is 21.2. The van der Waals surface area contributed by atoms with Gasteiger partial charge in [0.2, 0.25) is 0 Å². The number of ether oxygens (including phenoxy) is 1. The van der Waals surface area contributed by atoms with Gasteiger partial charge in [0.1, 0.15) is 0 Å². The summed E-state index contributed by atoms with van der Waals surface area (Å²) in [5, 5.41) is 7.00. The molecule has 3 heterocycles. The molecule has 1 fully saturated rings. The molecule has 1 unspecified atom stereocenters. The van der Waals surface area contributed by atoms with Gasteiger partial charge in [-0.3, -0.25) is 9.58 Å². The summed E-state index contributed by atoms with van der Waals surface area (Å²) in [6, 6.07) is 2.22. The lowest BCUT2D eigenvalue weighted by Crippen LogP contribution is -2.34. The zero-order valence-corrected chi connectivity index (χ0v) is 15.5. The molecular formula is C19H27N3OS. The van der Waals surface area contributed by atoms with Crippen LogP contribution in [0.3, 0.4) is 0 Å². The van der Waals surface area contributed by atoms with Gasteiger partial charge in [0.15, 0.2) is 0 Å². The Kier molecular flexibility index (Phi) is 4.74. The van der Waals surface area contributed by atoms with Crippen molar-refractivity contribution in [1.29, 1.82) is 0 Å². The van der Waals surface area contributed by atoms with Gasteiger partial charge in [-0.25, -0.2) is 0 Å². The minimum absolute atomic E-state index is 0.452. The molecule has 4 rings (SSSR count). The summed E-state index contributed by atoms with van der Waals surface area (Å²) in [6.45, 7) is 10.1. The van der Waals surface area contributed by atoms with Gasteiger partial charge >= 0.3 is 0 Å². The monoisotopic (exact) mass is 345 g/mol. The Morgan fingerprint density at radius 1 is 1.33 bits per heavy atom. The first-order chi connectivity index (χ1) is 11.7. The molecule has 0 amide bonds. The summed E-state index contributed by atoms with van der Waals surface area (Å²) in [5.74, 6) is 1.28. The Morgan fingerprint density at radius 2 is 2.21 bits per heavy atom. The molecule has 1 aliphatic carbocycles. The van der Waals surface area contributed by atoms with Crippen LogP contribution < -0.4 is 0 Å². The largest absolute Gasteiger partial charge is 0.380 e. The van der Waals surface area contributed by atoms with Crippen LogP contribution in [0.1, 0.15) is 47.4 Å². The summed E-state index contributed by atoms with van der Waals surface area (Å²) in [7, 11) is 0. The van der Waals surface area contributed by atoms with Crippen LogP contribution in [-0.2, 0) is 24.4 Å². The minimum atomic E-state index is 0.452. The molecule has 0 aromatic carbocycles. The first-order valence-electron chi connectivity index (χ1n) is 9.12. The van der Waals surface area contributed by atoms with Crippen molar-refractivity contribution in [3.8, 4) is 0 Å². The van der Waals surface area contributed by atoms with E-state index in [2.05, 4.69) is 41.1 Å². The van der Waals surface area contributed by atoms with Crippen LogP contribution in [-0.4, -0.2) is 34.4 Å². The Hall–Kier alpha value is -1.17. The number of rotatable bonds is 7. The summed E-state index contributed by atoms with van der Waals surface area (Å²) in [4.78, 5) is 4.02. The van der Waals surface area contributed by atoms with Gasteiger partial charge < -0.3 is 4.74 Å². The van der Waals surface area contributed by atoms with Crippen molar-refractivity contribution in [2.75, 3.05) is 19.8 Å². The number of aryl methyl sites for hydroxylation is 2. The number of hydrogen-bond acceptors (Lipinski definition) is 4. The van der Waals surface area contributed by atoms with Gasteiger partial charge in [0.05, 0.1) is 12.3 Å². The highest BCUT2D eigenvalue weighted by Crippen LogP contribution is 2.32. The third-order valence-electron chi connectivity index (χ3n) is 5.19. The summed E-state index contributed by atoms with van der Waals surface area (Å²) in [6.07, 6.45) is 4.95. The molecule has 24 heavy (non-hydrogen) atoms. The fourth-order valence-corrected chi connectivity index (χ4v) is 4.43. The average Bonchev–Trinajstić information content (AvgIpc) is 3.16. The summed E-state index contributed by atoms with van der Waals surface area (Å²) < 4.78 is 8.12. The number of fused-ring (bicyclic) bond motifs is 1. The number of nitrogens with zero attached hydrogens (tertiary/aromatic N) is 3. The van der Waals surface area contributed by atoms with Crippen LogP contribution in [0.15, 0.2) is 17.6 Å². The predicted molar refractivity (Wildman–Crippen MR) is 97.4 cm³/mol. The zero-order valence-electron chi connectivity index (χ0n) is 14.7. The van der Waals surface area contributed by atoms with Crippen LogP contribution in [0.25, 0.3) is 0 Å². The van der Waals surface area contributed by atoms with E-state index < -0.39 is 0 Å². The van der Waals surface area contributed by atoms with Gasteiger partial charge in [-0.2, -0.15) is 5.10 Å². The zero-order chi connectivity index (χ0) is 16.5. The molecule has 2 aliphatic rings. The third-order valence-corrected chi connectivity index (χ3v) is 6.20. The van der Waals surface area contributed by atoms with Crippen molar-refractivity contribution >= 4 is 11.3 Å². The summed E-state index contributed by atoms with van der Waals surface area (Å²) >= 11 is 1.87. The minimum Gasteiger partial charge on any atom is -0.380 e. The second kappa shape index (κ2) is 6.98. The molecule has 0 spiro atoms. The number of hydrogen-bond donors (Lipinski definition) is 0. The van der Waals surface area contributed by atoms with Crippen LogP contribution in [0.4, 0.5) is 0 Å². The van der Waals surface area contributed by atoms with E-state index in [0.29, 0.717) is 5.92 Å². The molecule has 5 heteroatoms. The van der Waals surface area contributed by atoms with Gasteiger partial charge in [0, 0.05) is 55.3 Å². The molecule has 2 aromatic heterocycles. The van der Waals surface area contributed by atoms with Gasteiger partial charge in [-0.15, -0.1) is 11.3 Å². The maximum Gasteiger partial charge on any atom is 0.0801 e. The number of aromatic nitrogens is 2. The lowest BCUT2D eigenvalue weighted by molar-refractivity contribution is 0.0892. The first kappa shape index (κ1) is 16.3. The smallest absolute Gasteiger partial charge is 0.0801 e. The van der Waals surface area contributed by atoms with E-state index in [9.17, 15) is 0 Å².